The zero-order valence-corrected chi connectivity index (χ0v) is 12.0. The van der Waals surface area contributed by atoms with Crippen LogP contribution in [0.3, 0.4) is 0 Å². The molecule has 0 spiro atoms. The minimum atomic E-state index is -4.57. The molecular formula is C14H8BrF3N2O. The topological polar surface area (TPSA) is 59.0 Å². The standard InChI is InChI=1S/C14H8BrF3N2O/c15-12-6-10(3-1-8(12)7-19)21-13-4-2-9(20)5-11(13)14(16,17)18/h1-6H,20H2. The van der Waals surface area contributed by atoms with Gasteiger partial charge in [0.2, 0.25) is 0 Å². The van der Waals surface area contributed by atoms with Crippen molar-refractivity contribution in [2.75, 3.05) is 5.73 Å². The summed E-state index contributed by atoms with van der Waals surface area (Å²) < 4.78 is 44.5. The first-order valence-corrected chi connectivity index (χ1v) is 6.45. The summed E-state index contributed by atoms with van der Waals surface area (Å²) in [5.41, 5.74) is 4.78. The monoisotopic (exact) mass is 356 g/mol. The molecule has 2 N–H and O–H groups in total. The third-order valence-electron chi connectivity index (χ3n) is 2.60. The van der Waals surface area contributed by atoms with Crippen LogP contribution in [0, 0.1) is 11.3 Å². The number of alkyl halides is 3. The molecule has 108 valence electrons. The van der Waals surface area contributed by atoms with Gasteiger partial charge in [-0.05, 0) is 52.3 Å². The number of nitrogens with zero attached hydrogens (tertiary/aromatic N) is 1. The maximum Gasteiger partial charge on any atom is 0.420 e. The predicted octanol–water partition coefficient (Wildman–Crippen LogP) is 4.71. The number of nitrogen functional groups attached to an aromatic ring is 1. The first kappa shape index (κ1) is 15.2. The van der Waals surface area contributed by atoms with Crippen LogP contribution in [-0.4, -0.2) is 0 Å². The molecule has 7 heteroatoms. The maximum absolute atomic E-state index is 12.9. The lowest BCUT2D eigenvalue weighted by atomic mass is 10.1. The molecule has 0 fully saturated rings. The van der Waals surface area contributed by atoms with Crippen molar-refractivity contribution < 1.29 is 17.9 Å². The van der Waals surface area contributed by atoms with Gasteiger partial charge in [-0.2, -0.15) is 18.4 Å². The van der Waals surface area contributed by atoms with Crippen molar-refractivity contribution in [3.05, 3.63) is 52.0 Å². The molecule has 0 atom stereocenters. The number of nitriles is 1. The van der Waals surface area contributed by atoms with E-state index in [1.54, 1.807) is 0 Å². The molecule has 0 unspecified atom stereocenters. The fourth-order valence-corrected chi connectivity index (χ4v) is 2.08. The second-order valence-electron chi connectivity index (χ2n) is 4.11. The molecule has 2 rings (SSSR count). The van der Waals surface area contributed by atoms with Crippen molar-refractivity contribution in [3.63, 3.8) is 0 Å². The van der Waals surface area contributed by atoms with E-state index in [1.807, 2.05) is 6.07 Å². The van der Waals surface area contributed by atoms with Gasteiger partial charge in [-0.15, -0.1) is 0 Å². The molecule has 0 saturated carbocycles. The second-order valence-corrected chi connectivity index (χ2v) is 4.96. The second kappa shape index (κ2) is 5.66. The van der Waals surface area contributed by atoms with Crippen molar-refractivity contribution in [2.45, 2.75) is 6.18 Å². The fraction of sp³-hybridized carbons (Fsp3) is 0.0714. The highest BCUT2D eigenvalue weighted by atomic mass is 79.9. The number of ether oxygens (including phenoxy) is 1. The van der Waals surface area contributed by atoms with Gasteiger partial charge < -0.3 is 10.5 Å². The summed E-state index contributed by atoms with van der Waals surface area (Å²) in [7, 11) is 0. The fourth-order valence-electron chi connectivity index (χ4n) is 1.64. The third-order valence-corrected chi connectivity index (χ3v) is 3.25. The lowest BCUT2D eigenvalue weighted by Crippen LogP contribution is -2.08. The SMILES string of the molecule is N#Cc1ccc(Oc2ccc(N)cc2C(F)(F)F)cc1Br. The van der Waals surface area contributed by atoms with Gasteiger partial charge in [-0.3, -0.25) is 0 Å². The molecule has 21 heavy (non-hydrogen) atoms. The first-order valence-electron chi connectivity index (χ1n) is 5.65. The van der Waals surface area contributed by atoms with E-state index in [0.29, 0.717) is 10.0 Å². The number of benzene rings is 2. The molecule has 0 aliphatic carbocycles. The number of hydrogen-bond acceptors (Lipinski definition) is 3. The highest BCUT2D eigenvalue weighted by Crippen LogP contribution is 2.39. The summed E-state index contributed by atoms with van der Waals surface area (Å²) in [4.78, 5) is 0. The van der Waals surface area contributed by atoms with E-state index in [9.17, 15) is 13.2 Å². The average Bonchev–Trinajstić information content (AvgIpc) is 2.40. The van der Waals surface area contributed by atoms with Gasteiger partial charge in [0.25, 0.3) is 0 Å². The molecule has 0 aromatic heterocycles. The van der Waals surface area contributed by atoms with E-state index in [2.05, 4.69) is 15.9 Å². The van der Waals surface area contributed by atoms with Crippen LogP contribution in [0.1, 0.15) is 11.1 Å². The Morgan fingerprint density at radius 1 is 1.14 bits per heavy atom. The van der Waals surface area contributed by atoms with Gasteiger partial charge >= 0.3 is 6.18 Å². The van der Waals surface area contributed by atoms with Crippen molar-refractivity contribution in [3.8, 4) is 17.6 Å². The summed E-state index contributed by atoms with van der Waals surface area (Å²) in [5, 5.41) is 8.80. The zero-order chi connectivity index (χ0) is 15.6. The molecule has 3 nitrogen and oxygen atoms in total. The van der Waals surface area contributed by atoms with Crippen molar-refractivity contribution in [2.24, 2.45) is 0 Å². The summed E-state index contributed by atoms with van der Waals surface area (Å²) in [5.74, 6) is -0.176. The first-order chi connectivity index (χ1) is 9.81. The van der Waals surface area contributed by atoms with Crippen molar-refractivity contribution in [1.82, 2.24) is 0 Å². The van der Waals surface area contributed by atoms with Crippen LogP contribution in [0.4, 0.5) is 18.9 Å². The van der Waals surface area contributed by atoms with Gasteiger partial charge in [0.05, 0.1) is 5.56 Å². The molecule has 0 bridgehead atoms. The molecule has 0 heterocycles. The number of anilines is 1. The van der Waals surface area contributed by atoms with E-state index in [1.165, 1.54) is 24.3 Å². The smallest absolute Gasteiger partial charge is 0.420 e. The quantitative estimate of drug-likeness (QED) is 0.792. The largest absolute Gasteiger partial charge is 0.457 e. The van der Waals surface area contributed by atoms with Crippen LogP contribution in [0.2, 0.25) is 0 Å². The molecular weight excluding hydrogens is 349 g/mol. The Labute approximate surface area is 126 Å². The van der Waals surface area contributed by atoms with Crippen molar-refractivity contribution in [1.29, 1.82) is 5.26 Å². The van der Waals surface area contributed by atoms with Gasteiger partial charge in [-0.1, -0.05) is 0 Å². The van der Waals surface area contributed by atoms with Crippen LogP contribution in [0.15, 0.2) is 40.9 Å². The van der Waals surface area contributed by atoms with E-state index < -0.39 is 11.7 Å². The molecule has 2 aromatic rings. The Kier molecular flexibility index (Phi) is 4.09. The molecule has 0 aliphatic rings. The number of halogens is 4. The van der Waals surface area contributed by atoms with Gasteiger partial charge in [-0.25, -0.2) is 0 Å². The van der Waals surface area contributed by atoms with Crippen LogP contribution < -0.4 is 10.5 Å². The Bertz CT molecular complexity index is 723. The van der Waals surface area contributed by atoms with Gasteiger partial charge in [0.15, 0.2) is 0 Å². The summed E-state index contributed by atoms with van der Waals surface area (Å²) in [6.45, 7) is 0. The molecule has 0 aliphatic heterocycles. The summed E-state index contributed by atoms with van der Waals surface area (Å²) in [6, 6.07) is 9.51. The van der Waals surface area contributed by atoms with Crippen LogP contribution >= 0.6 is 15.9 Å². The van der Waals surface area contributed by atoms with E-state index in [4.69, 9.17) is 15.7 Å². The Balaban J connectivity index is 2.41. The van der Waals surface area contributed by atoms with E-state index in [0.717, 1.165) is 12.1 Å². The van der Waals surface area contributed by atoms with Crippen LogP contribution in [0.5, 0.6) is 11.5 Å². The van der Waals surface area contributed by atoms with Crippen molar-refractivity contribution >= 4 is 21.6 Å². The van der Waals surface area contributed by atoms with Gasteiger partial charge in [0, 0.05) is 10.2 Å². The highest BCUT2D eigenvalue weighted by Gasteiger charge is 2.34. The van der Waals surface area contributed by atoms with E-state index in [-0.39, 0.29) is 17.2 Å². The normalized spacial score (nSPS) is 11.0. The lowest BCUT2D eigenvalue weighted by molar-refractivity contribution is -0.138. The minimum absolute atomic E-state index is 0.00400. The molecule has 0 radical (unpaired) electrons. The predicted molar refractivity (Wildman–Crippen MR) is 74.8 cm³/mol. The number of hydrogen-bond donors (Lipinski definition) is 1. The Morgan fingerprint density at radius 3 is 2.43 bits per heavy atom. The highest BCUT2D eigenvalue weighted by molar-refractivity contribution is 9.10. The number of nitrogens with two attached hydrogens (primary N) is 1. The summed E-state index contributed by atoms with van der Waals surface area (Å²) >= 11 is 3.15. The Hall–Kier alpha value is -2.20. The zero-order valence-electron chi connectivity index (χ0n) is 10.4. The third kappa shape index (κ3) is 3.47. The van der Waals surface area contributed by atoms with Gasteiger partial charge in [0.1, 0.15) is 23.1 Å². The average molecular weight is 357 g/mol. The molecule has 2 aromatic carbocycles. The molecule has 0 saturated heterocycles. The molecule has 0 amide bonds. The van der Waals surface area contributed by atoms with E-state index >= 15 is 0 Å². The van der Waals surface area contributed by atoms with Crippen LogP contribution in [-0.2, 0) is 6.18 Å². The number of rotatable bonds is 2. The summed E-state index contributed by atoms with van der Waals surface area (Å²) in [6.07, 6.45) is -4.57. The Morgan fingerprint density at radius 2 is 1.86 bits per heavy atom. The minimum Gasteiger partial charge on any atom is -0.457 e. The van der Waals surface area contributed by atoms with Crippen LogP contribution in [0.25, 0.3) is 0 Å². The lowest BCUT2D eigenvalue weighted by Gasteiger charge is -2.14. The maximum atomic E-state index is 12.9.